The second-order valence-corrected chi connectivity index (χ2v) is 6.03. The maximum atomic E-state index is 11.1. The first kappa shape index (κ1) is 15.8. The molecule has 0 aliphatic rings. The van der Waals surface area contributed by atoms with Gasteiger partial charge in [-0.1, -0.05) is 26.7 Å². The Labute approximate surface area is 103 Å². The van der Waals surface area contributed by atoms with Gasteiger partial charge >= 0.3 is 5.97 Å². The predicted octanol–water partition coefficient (Wildman–Crippen LogP) is 2.75. The van der Waals surface area contributed by atoms with E-state index in [9.17, 15) is 4.79 Å². The molecule has 0 aromatic rings. The molecule has 2 unspecified atom stereocenters. The Hall–Kier alpha value is -0.220. The highest BCUT2D eigenvalue weighted by atomic mass is 32.2. The Morgan fingerprint density at radius 3 is 2.56 bits per heavy atom. The maximum absolute atomic E-state index is 11.1. The highest BCUT2D eigenvalue weighted by Crippen LogP contribution is 2.23. The molecule has 0 saturated carbocycles. The van der Waals surface area contributed by atoms with Crippen LogP contribution in [0.2, 0.25) is 0 Å². The minimum Gasteiger partial charge on any atom is -0.480 e. The van der Waals surface area contributed by atoms with Crippen LogP contribution in [0.4, 0.5) is 0 Å². The third-order valence-corrected chi connectivity index (χ3v) is 4.13. The van der Waals surface area contributed by atoms with Crippen molar-refractivity contribution in [2.24, 2.45) is 0 Å². The fourth-order valence-corrected chi connectivity index (χ4v) is 2.79. The van der Waals surface area contributed by atoms with E-state index >= 15 is 0 Å². The molecule has 0 aromatic carbocycles. The van der Waals surface area contributed by atoms with E-state index in [1.54, 1.807) is 14.0 Å². The van der Waals surface area contributed by atoms with Crippen molar-refractivity contribution >= 4 is 17.7 Å². The molecule has 2 N–H and O–H groups in total. The van der Waals surface area contributed by atoms with Crippen LogP contribution in [-0.4, -0.2) is 34.7 Å². The van der Waals surface area contributed by atoms with E-state index in [-0.39, 0.29) is 0 Å². The fraction of sp³-hybridized carbons (Fsp3) is 0.917. The van der Waals surface area contributed by atoms with Gasteiger partial charge < -0.3 is 10.4 Å². The van der Waals surface area contributed by atoms with Crippen molar-refractivity contribution < 1.29 is 9.90 Å². The van der Waals surface area contributed by atoms with Crippen LogP contribution in [0.5, 0.6) is 0 Å². The van der Waals surface area contributed by atoms with E-state index in [1.807, 2.05) is 11.8 Å². The minimum atomic E-state index is -0.794. The zero-order valence-corrected chi connectivity index (χ0v) is 11.7. The quantitative estimate of drug-likeness (QED) is 0.615. The number of carboxylic acids is 1. The zero-order chi connectivity index (χ0) is 12.6. The van der Waals surface area contributed by atoms with Crippen molar-refractivity contribution in [2.45, 2.75) is 57.2 Å². The summed E-state index contributed by atoms with van der Waals surface area (Å²) in [5, 5.41) is 12.4. The monoisotopic (exact) mass is 247 g/mol. The Kier molecular flexibility index (Phi) is 7.85. The molecule has 0 rings (SSSR count). The molecule has 0 heterocycles. The molecule has 4 heteroatoms. The van der Waals surface area contributed by atoms with Gasteiger partial charge in [-0.05, 0) is 32.6 Å². The van der Waals surface area contributed by atoms with Crippen LogP contribution in [-0.2, 0) is 4.79 Å². The van der Waals surface area contributed by atoms with E-state index in [4.69, 9.17) is 5.11 Å². The second-order valence-electron chi connectivity index (χ2n) is 4.48. The molecule has 2 atom stereocenters. The van der Waals surface area contributed by atoms with Gasteiger partial charge in [-0.3, -0.25) is 4.79 Å². The van der Waals surface area contributed by atoms with Gasteiger partial charge in [0.25, 0.3) is 0 Å². The third-order valence-electron chi connectivity index (χ3n) is 2.87. The smallest absolute Gasteiger partial charge is 0.323 e. The van der Waals surface area contributed by atoms with Gasteiger partial charge in [0, 0.05) is 5.25 Å². The molecular formula is C12H25NO2S. The molecule has 0 spiro atoms. The first-order valence-electron chi connectivity index (χ1n) is 6.00. The molecular weight excluding hydrogens is 222 g/mol. The number of hydrogen-bond donors (Lipinski definition) is 2. The number of carbonyl (C=O) groups is 1. The van der Waals surface area contributed by atoms with Crippen LogP contribution in [0.1, 0.15) is 46.5 Å². The number of hydrogen-bond acceptors (Lipinski definition) is 3. The van der Waals surface area contributed by atoms with Gasteiger partial charge in [-0.15, -0.1) is 0 Å². The molecule has 0 aliphatic carbocycles. The normalized spacial score (nSPS) is 16.8. The topological polar surface area (TPSA) is 49.3 Å². The third kappa shape index (κ3) is 5.75. The first-order valence-corrected chi connectivity index (χ1v) is 7.05. The minimum absolute atomic E-state index is 0.380. The number of nitrogens with one attached hydrogen (secondary N) is 1. The first-order chi connectivity index (χ1) is 7.46. The summed E-state index contributed by atoms with van der Waals surface area (Å²) in [5.74, 6) is 0.366. The van der Waals surface area contributed by atoms with Crippen molar-refractivity contribution in [3.63, 3.8) is 0 Å². The van der Waals surface area contributed by atoms with Gasteiger partial charge in [0.15, 0.2) is 0 Å². The lowest BCUT2D eigenvalue weighted by molar-refractivity contribution is -0.144. The van der Waals surface area contributed by atoms with Crippen molar-refractivity contribution in [2.75, 3.05) is 12.8 Å². The molecule has 0 radical (unpaired) electrons. The molecule has 16 heavy (non-hydrogen) atoms. The molecule has 0 aromatic heterocycles. The summed E-state index contributed by atoms with van der Waals surface area (Å²) in [6.45, 7) is 6.05. The Bertz CT molecular complexity index is 211. The molecule has 0 aliphatic heterocycles. The lowest BCUT2D eigenvalue weighted by Crippen LogP contribution is -2.49. The largest absolute Gasteiger partial charge is 0.480 e. The van der Waals surface area contributed by atoms with Gasteiger partial charge in [0.05, 0.1) is 0 Å². The maximum Gasteiger partial charge on any atom is 0.323 e. The summed E-state index contributed by atoms with van der Waals surface area (Å²) >= 11 is 1.87. The molecule has 96 valence electrons. The number of unbranched alkanes of at least 4 members (excludes halogenated alkanes) is 2. The van der Waals surface area contributed by atoms with E-state index in [2.05, 4.69) is 19.2 Å². The van der Waals surface area contributed by atoms with Crippen molar-refractivity contribution in [3.05, 3.63) is 0 Å². The average Bonchev–Trinajstić information content (AvgIpc) is 2.24. The summed E-state index contributed by atoms with van der Waals surface area (Å²) in [4.78, 5) is 11.1. The molecule has 0 amide bonds. The summed E-state index contributed by atoms with van der Waals surface area (Å²) in [6, 6.07) is 0. The average molecular weight is 247 g/mol. The highest BCUT2D eigenvalue weighted by Gasteiger charge is 2.32. The van der Waals surface area contributed by atoms with Crippen molar-refractivity contribution in [1.82, 2.24) is 5.32 Å². The zero-order valence-electron chi connectivity index (χ0n) is 10.9. The van der Waals surface area contributed by atoms with Crippen LogP contribution in [0.25, 0.3) is 0 Å². The number of thioether (sulfide) groups is 1. The molecule has 0 saturated heterocycles. The number of likely N-dealkylation sites (N-methyl/N-ethyl adjacent to an activating group) is 1. The van der Waals surface area contributed by atoms with Crippen LogP contribution in [0.3, 0.4) is 0 Å². The van der Waals surface area contributed by atoms with Gasteiger partial charge in [-0.25, -0.2) is 0 Å². The summed E-state index contributed by atoms with van der Waals surface area (Å²) in [5.41, 5.74) is -0.794. The Morgan fingerprint density at radius 2 is 2.12 bits per heavy atom. The number of rotatable bonds is 9. The molecule has 0 fully saturated rings. The Balaban J connectivity index is 3.92. The van der Waals surface area contributed by atoms with Crippen molar-refractivity contribution in [3.8, 4) is 0 Å². The molecule has 3 nitrogen and oxygen atoms in total. The van der Waals surface area contributed by atoms with E-state index in [0.717, 1.165) is 5.75 Å². The van der Waals surface area contributed by atoms with Crippen LogP contribution < -0.4 is 5.32 Å². The SMILES string of the molecule is CCCCCSC(C)CC(C)(NC)C(=O)O. The lowest BCUT2D eigenvalue weighted by Gasteiger charge is -2.27. The van der Waals surface area contributed by atoms with E-state index < -0.39 is 11.5 Å². The van der Waals surface area contributed by atoms with Gasteiger partial charge in [0.2, 0.25) is 0 Å². The lowest BCUT2D eigenvalue weighted by atomic mass is 9.96. The van der Waals surface area contributed by atoms with E-state index in [0.29, 0.717) is 11.7 Å². The summed E-state index contributed by atoms with van der Waals surface area (Å²) < 4.78 is 0. The number of carboxylic acid groups (broad SMARTS) is 1. The predicted molar refractivity (Wildman–Crippen MR) is 71.2 cm³/mol. The molecule has 0 bridgehead atoms. The number of aliphatic carboxylic acids is 1. The Morgan fingerprint density at radius 1 is 1.50 bits per heavy atom. The van der Waals surface area contributed by atoms with Crippen molar-refractivity contribution in [1.29, 1.82) is 0 Å². The highest BCUT2D eigenvalue weighted by molar-refractivity contribution is 7.99. The second kappa shape index (κ2) is 7.96. The standard InChI is InChI=1S/C12H25NO2S/c1-5-6-7-8-16-10(2)9-12(3,13-4)11(14)15/h10,13H,5-9H2,1-4H3,(H,14,15). The van der Waals surface area contributed by atoms with Crippen LogP contribution in [0, 0.1) is 0 Å². The summed E-state index contributed by atoms with van der Waals surface area (Å²) in [7, 11) is 1.71. The van der Waals surface area contributed by atoms with E-state index in [1.165, 1.54) is 19.3 Å². The van der Waals surface area contributed by atoms with Gasteiger partial charge in [0.1, 0.15) is 5.54 Å². The van der Waals surface area contributed by atoms with Gasteiger partial charge in [-0.2, -0.15) is 11.8 Å². The van der Waals surface area contributed by atoms with Crippen LogP contribution in [0.15, 0.2) is 0 Å². The summed E-state index contributed by atoms with van der Waals surface area (Å²) in [6.07, 6.45) is 4.39. The fourth-order valence-electron chi connectivity index (χ4n) is 1.57. The van der Waals surface area contributed by atoms with Crippen LogP contribution >= 0.6 is 11.8 Å².